The number of carbonyl (C=O) groups is 1. The van der Waals surface area contributed by atoms with Crippen molar-refractivity contribution in [3.63, 3.8) is 0 Å². The zero-order chi connectivity index (χ0) is 22.0. The van der Waals surface area contributed by atoms with E-state index in [1.54, 1.807) is 7.11 Å². The van der Waals surface area contributed by atoms with Gasteiger partial charge in [-0.05, 0) is 50.3 Å². The zero-order valence-electron chi connectivity index (χ0n) is 18.5. The molecule has 32 heavy (non-hydrogen) atoms. The number of carbonyl (C=O) groups excluding carboxylic acids is 1. The molecule has 0 radical (unpaired) electrons. The Morgan fingerprint density at radius 3 is 2.84 bits per heavy atom. The van der Waals surface area contributed by atoms with E-state index in [2.05, 4.69) is 10.1 Å². The van der Waals surface area contributed by atoms with Crippen LogP contribution in [0, 0.1) is 0 Å². The molecule has 0 atom stereocenters. The lowest BCUT2D eigenvalue weighted by molar-refractivity contribution is 0.0618. The molecule has 170 valence electrons. The van der Waals surface area contributed by atoms with Crippen LogP contribution in [0.4, 0.5) is 0 Å². The van der Waals surface area contributed by atoms with Crippen LogP contribution in [0.3, 0.4) is 0 Å². The number of nitrogens with zero attached hydrogens (tertiary/aromatic N) is 3. The quantitative estimate of drug-likeness (QED) is 0.631. The first kappa shape index (κ1) is 21.2. The van der Waals surface area contributed by atoms with E-state index in [0.717, 1.165) is 73.5 Å². The lowest BCUT2D eigenvalue weighted by Crippen LogP contribution is -2.46. The molecule has 0 saturated carbocycles. The maximum absolute atomic E-state index is 13.3. The van der Waals surface area contributed by atoms with Gasteiger partial charge in [0.05, 0.1) is 0 Å². The van der Waals surface area contributed by atoms with Crippen LogP contribution in [0.2, 0.25) is 0 Å². The van der Waals surface area contributed by atoms with Gasteiger partial charge in [0, 0.05) is 74.0 Å². The van der Waals surface area contributed by atoms with Crippen molar-refractivity contribution in [1.82, 2.24) is 20.0 Å². The molecule has 8 nitrogen and oxygen atoms in total. The fourth-order valence-electron chi connectivity index (χ4n) is 5.02. The maximum atomic E-state index is 13.3. The molecule has 1 amide bonds. The van der Waals surface area contributed by atoms with Crippen molar-refractivity contribution in [3.05, 3.63) is 47.7 Å². The van der Waals surface area contributed by atoms with Gasteiger partial charge in [0.2, 0.25) is 5.89 Å². The highest BCUT2D eigenvalue weighted by molar-refractivity contribution is 6.06. The van der Waals surface area contributed by atoms with Gasteiger partial charge < -0.3 is 23.9 Å². The van der Waals surface area contributed by atoms with Crippen molar-refractivity contribution in [3.8, 4) is 0 Å². The van der Waals surface area contributed by atoms with Crippen LogP contribution in [-0.2, 0) is 14.9 Å². The largest absolute Gasteiger partial charge is 0.385 e. The number of piperidine rings is 1. The van der Waals surface area contributed by atoms with Gasteiger partial charge in [-0.2, -0.15) is 4.98 Å². The number of rotatable bonds is 6. The third-order valence-electron chi connectivity index (χ3n) is 7.10. The molecule has 1 N–H and O–H groups in total. The third-order valence-corrected chi connectivity index (χ3v) is 7.10. The summed E-state index contributed by atoms with van der Waals surface area (Å²) in [5, 5.41) is 5.38. The average molecular weight is 439 g/mol. The van der Waals surface area contributed by atoms with Crippen molar-refractivity contribution in [2.75, 3.05) is 40.0 Å². The highest BCUT2D eigenvalue weighted by atomic mass is 16.5. The second kappa shape index (κ2) is 9.03. The van der Waals surface area contributed by atoms with E-state index < -0.39 is 0 Å². The van der Waals surface area contributed by atoms with E-state index in [9.17, 15) is 4.79 Å². The minimum absolute atomic E-state index is 0.0755. The molecular weight excluding hydrogens is 408 g/mol. The molecule has 8 heteroatoms. The van der Waals surface area contributed by atoms with E-state index >= 15 is 0 Å². The van der Waals surface area contributed by atoms with E-state index in [-0.39, 0.29) is 17.2 Å². The van der Waals surface area contributed by atoms with Crippen LogP contribution in [0.25, 0.3) is 10.9 Å². The number of H-pyrrole nitrogens is 1. The first-order chi connectivity index (χ1) is 15.7. The van der Waals surface area contributed by atoms with E-state index in [1.165, 1.54) is 0 Å². The molecule has 2 fully saturated rings. The SMILES string of the molecule is COCCC1(c2noc(C3CCOCC3)n2)CCN(C(=O)c2cccc3[nH]ccc23)CC1. The second-order valence-corrected chi connectivity index (χ2v) is 8.90. The Kier molecular flexibility index (Phi) is 5.97. The fourth-order valence-corrected chi connectivity index (χ4v) is 5.02. The smallest absolute Gasteiger partial charge is 0.254 e. The Bertz CT molecular complexity index is 1060. The topological polar surface area (TPSA) is 93.5 Å². The number of nitrogens with one attached hydrogen (secondary N) is 1. The predicted molar refractivity (Wildman–Crippen MR) is 119 cm³/mol. The first-order valence-electron chi connectivity index (χ1n) is 11.5. The molecule has 5 rings (SSSR count). The van der Waals surface area contributed by atoms with Crippen LogP contribution in [-0.4, -0.2) is 66.0 Å². The standard InChI is InChI=1S/C24H30N4O4/c1-30-16-10-24(23-26-21(32-27-23)17-6-14-31-15-7-17)8-12-28(13-9-24)22(29)19-3-2-4-20-18(19)5-11-25-20/h2-5,11,17,25H,6-10,12-16H2,1H3. The molecule has 2 aromatic heterocycles. The van der Waals surface area contributed by atoms with Gasteiger partial charge in [-0.3, -0.25) is 4.79 Å². The molecule has 2 aliphatic heterocycles. The van der Waals surface area contributed by atoms with Gasteiger partial charge in [0.15, 0.2) is 5.82 Å². The molecule has 0 aliphatic carbocycles. The number of amides is 1. The Morgan fingerprint density at radius 2 is 2.06 bits per heavy atom. The molecule has 2 aliphatic rings. The Morgan fingerprint density at radius 1 is 1.25 bits per heavy atom. The minimum atomic E-state index is -0.236. The predicted octanol–water partition coefficient (Wildman–Crippen LogP) is 3.66. The summed E-state index contributed by atoms with van der Waals surface area (Å²) in [6, 6.07) is 7.79. The third kappa shape index (κ3) is 3.93. The molecule has 1 aromatic carbocycles. The minimum Gasteiger partial charge on any atom is -0.385 e. The summed E-state index contributed by atoms with van der Waals surface area (Å²) < 4.78 is 16.6. The summed E-state index contributed by atoms with van der Waals surface area (Å²) in [6.45, 7) is 3.41. The van der Waals surface area contributed by atoms with Gasteiger partial charge in [-0.15, -0.1) is 0 Å². The lowest BCUT2D eigenvalue weighted by Gasteiger charge is -2.40. The summed E-state index contributed by atoms with van der Waals surface area (Å²) in [5.41, 5.74) is 1.49. The van der Waals surface area contributed by atoms with E-state index in [0.29, 0.717) is 19.7 Å². The zero-order valence-corrected chi connectivity index (χ0v) is 18.5. The molecule has 0 bridgehead atoms. The highest BCUT2D eigenvalue weighted by Crippen LogP contribution is 2.39. The maximum Gasteiger partial charge on any atom is 0.254 e. The number of aromatic amines is 1. The monoisotopic (exact) mass is 438 g/mol. The van der Waals surface area contributed by atoms with Crippen LogP contribution < -0.4 is 0 Å². The number of hydrogen-bond donors (Lipinski definition) is 1. The van der Waals surface area contributed by atoms with Crippen LogP contribution in [0.15, 0.2) is 35.0 Å². The summed E-state index contributed by atoms with van der Waals surface area (Å²) in [4.78, 5) is 23.3. The molecule has 3 aromatic rings. The van der Waals surface area contributed by atoms with Gasteiger partial charge in [0.1, 0.15) is 0 Å². The summed E-state index contributed by atoms with van der Waals surface area (Å²) in [5.74, 6) is 1.83. The normalized spacial score (nSPS) is 19.5. The number of fused-ring (bicyclic) bond motifs is 1. The van der Waals surface area contributed by atoms with E-state index in [4.69, 9.17) is 19.0 Å². The van der Waals surface area contributed by atoms with Crippen LogP contribution >= 0.6 is 0 Å². The molecule has 2 saturated heterocycles. The molecule has 0 unspecified atom stereocenters. The number of aromatic nitrogens is 3. The highest BCUT2D eigenvalue weighted by Gasteiger charge is 2.41. The average Bonchev–Trinajstić information content (AvgIpc) is 3.53. The Hall–Kier alpha value is -2.71. The summed E-state index contributed by atoms with van der Waals surface area (Å²) >= 11 is 0. The van der Waals surface area contributed by atoms with Crippen molar-refractivity contribution in [2.24, 2.45) is 0 Å². The van der Waals surface area contributed by atoms with Gasteiger partial charge >= 0.3 is 0 Å². The summed E-state index contributed by atoms with van der Waals surface area (Å²) in [6.07, 6.45) is 6.10. The molecule has 4 heterocycles. The number of ether oxygens (including phenoxy) is 2. The van der Waals surface area contributed by atoms with Gasteiger partial charge in [-0.1, -0.05) is 11.2 Å². The number of likely N-dealkylation sites (tertiary alicyclic amines) is 1. The lowest BCUT2D eigenvalue weighted by atomic mass is 9.75. The van der Waals surface area contributed by atoms with Gasteiger partial charge in [0.25, 0.3) is 5.91 Å². The van der Waals surface area contributed by atoms with Crippen LogP contribution in [0.1, 0.15) is 60.1 Å². The molecule has 0 spiro atoms. The number of hydrogen-bond acceptors (Lipinski definition) is 6. The van der Waals surface area contributed by atoms with Crippen LogP contribution in [0.5, 0.6) is 0 Å². The van der Waals surface area contributed by atoms with Crippen molar-refractivity contribution in [2.45, 2.75) is 43.4 Å². The van der Waals surface area contributed by atoms with Crippen molar-refractivity contribution in [1.29, 1.82) is 0 Å². The van der Waals surface area contributed by atoms with Crippen molar-refractivity contribution >= 4 is 16.8 Å². The second-order valence-electron chi connectivity index (χ2n) is 8.90. The number of benzene rings is 1. The van der Waals surface area contributed by atoms with Gasteiger partial charge in [-0.25, -0.2) is 0 Å². The molecular formula is C24H30N4O4. The van der Waals surface area contributed by atoms with E-state index in [1.807, 2.05) is 35.4 Å². The Labute approximate surface area is 187 Å². The van der Waals surface area contributed by atoms with Crippen molar-refractivity contribution < 1.29 is 18.8 Å². The summed E-state index contributed by atoms with van der Waals surface area (Å²) in [7, 11) is 1.72. The number of methoxy groups -OCH3 is 1. The Balaban J connectivity index is 1.34. The first-order valence-corrected chi connectivity index (χ1v) is 11.5. The fraction of sp³-hybridized carbons (Fsp3) is 0.542.